The number of H-pyrrole nitrogens is 1. The molecule has 1 fully saturated rings. The number of piperidine rings is 1. The average Bonchev–Trinajstić information content (AvgIpc) is 3.47. The minimum Gasteiger partial charge on any atom is -0.444 e. The number of likely N-dealkylation sites (tertiary alicyclic amines) is 1. The molecule has 0 spiro atoms. The molecule has 0 unspecified atom stereocenters. The molecule has 1 atom stereocenters. The van der Waals surface area contributed by atoms with E-state index in [9.17, 15) is 4.79 Å². The summed E-state index contributed by atoms with van der Waals surface area (Å²) in [5.41, 5.74) is 10.4. The van der Waals surface area contributed by atoms with Crippen LogP contribution in [0.1, 0.15) is 65.2 Å². The van der Waals surface area contributed by atoms with Crippen molar-refractivity contribution in [3.05, 3.63) is 36.3 Å². The maximum atomic E-state index is 12.8. The molecule has 9 nitrogen and oxygen atoms in total. The Kier molecular flexibility index (Phi) is 5.65. The zero-order chi connectivity index (χ0) is 24.9. The Labute approximate surface area is 204 Å². The van der Waals surface area contributed by atoms with E-state index in [1.165, 1.54) is 0 Å². The molecular weight excluding hydrogens is 442 g/mol. The SMILES string of the molecule is CC(C)n1c([C@H]2CCCN(C(=O)OC(C)(C)C)C2)nc2c(N)nc3cc(-c4ccn[nH]4)ccc3c21. The molecular formula is C26H33N7O2. The summed E-state index contributed by atoms with van der Waals surface area (Å²) in [6.07, 6.45) is 3.31. The Hall–Kier alpha value is -3.62. The first-order valence-electron chi connectivity index (χ1n) is 12.2. The van der Waals surface area contributed by atoms with Gasteiger partial charge in [-0.1, -0.05) is 6.07 Å². The van der Waals surface area contributed by atoms with Gasteiger partial charge >= 0.3 is 6.09 Å². The number of nitrogen functional groups attached to an aromatic ring is 1. The van der Waals surface area contributed by atoms with Crippen molar-refractivity contribution in [2.45, 2.75) is 65.0 Å². The number of ether oxygens (including phenoxy) is 1. The lowest BCUT2D eigenvalue weighted by molar-refractivity contribution is 0.0195. The molecule has 1 amide bonds. The first-order valence-corrected chi connectivity index (χ1v) is 12.2. The van der Waals surface area contributed by atoms with Gasteiger partial charge in [0.1, 0.15) is 16.9 Å². The number of hydrogen-bond acceptors (Lipinski definition) is 6. The van der Waals surface area contributed by atoms with Gasteiger partial charge in [-0.2, -0.15) is 5.10 Å². The van der Waals surface area contributed by atoms with Gasteiger partial charge < -0.3 is 19.9 Å². The maximum absolute atomic E-state index is 12.8. The molecule has 5 rings (SSSR count). The van der Waals surface area contributed by atoms with Gasteiger partial charge in [0.15, 0.2) is 5.82 Å². The molecule has 35 heavy (non-hydrogen) atoms. The molecule has 4 aromatic rings. The number of amides is 1. The summed E-state index contributed by atoms with van der Waals surface area (Å²) in [6.45, 7) is 11.2. The average molecular weight is 476 g/mol. The highest BCUT2D eigenvalue weighted by Crippen LogP contribution is 2.37. The van der Waals surface area contributed by atoms with Crippen molar-refractivity contribution in [3.8, 4) is 11.3 Å². The number of nitrogens with one attached hydrogen (secondary N) is 1. The number of carbonyl (C=O) groups is 1. The molecule has 1 aliphatic rings. The molecule has 4 heterocycles. The van der Waals surface area contributed by atoms with Crippen LogP contribution in [-0.4, -0.2) is 54.4 Å². The number of aromatic amines is 1. The van der Waals surface area contributed by atoms with Gasteiger partial charge in [0.05, 0.1) is 16.7 Å². The molecule has 0 radical (unpaired) electrons. The topological polar surface area (TPSA) is 115 Å². The van der Waals surface area contributed by atoms with E-state index in [1.807, 2.05) is 32.9 Å². The lowest BCUT2D eigenvalue weighted by Crippen LogP contribution is -2.42. The summed E-state index contributed by atoms with van der Waals surface area (Å²) in [5.74, 6) is 1.45. The maximum Gasteiger partial charge on any atom is 0.410 e. The smallest absolute Gasteiger partial charge is 0.410 e. The second-order valence-corrected chi connectivity index (χ2v) is 10.6. The fraction of sp³-hybridized carbons (Fsp3) is 0.462. The van der Waals surface area contributed by atoms with E-state index in [4.69, 9.17) is 20.4 Å². The molecule has 0 saturated carbocycles. The minimum atomic E-state index is -0.525. The standard InChI is InChI=1S/C26H33N7O2/c1-15(2)33-22-18-9-8-16(19-10-11-28-31-19)13-20(18)29-23(27)21(22)30-24(33)17-7-6-12-32(14-17)25(34)35-26(3,4)5/h8-11,13,15,17H,6-7,12,14H2,1-5H3,(H2,27,29)(H,28,31)/t17-/m0/s1. The molecule has 3 aromatic heterocycles. The third-order valence-electron chi connectivity index (χ3n) is 6.44. The molecule has 1 aromatic carbocycles. The molecule has 0 aliphatic carbocycles. The number of fused-ring (bicyclic) bond motifs is 3. The number of hydrogen-bond donors (Lipinski definition) is 2. The van der Waals surface area contributed by atoms with Crippen LogP contribution in [-0.2, 0) is 4.74 Å². The van der Waals surface area contributed by atoms with Gasteiger partial charge in [-0.05, 0) is 65.7 Å². The van der Waals surface area contributed by atoms with Crippen molar-refractivity contribution in [1.29, 1.82) is 0 Å². The number of aromatic nitrogens is 5. The van der Waals surface area contributed by atoms with E-state index in [-0.39, 0.29) is 18.1 Å². The molecule has 3 N–H and O–H groups in total. The van der Waals surface area contributed by atoms with E-state index in [0.717, 1.165) is 46.3 Å². The summed E-state index contributed by atoms with van der Waals surface area (Å²) in [4.78, 5) is 24.3. The summed E-state index contributed by atoms with van der Waals surface area (Å²) in [7, 11) is 0. The van der Waals surface area contributed by atoms with Gasteiger partial charge in [-0.3, -0.25) is 5.10 Å². The molecule has 1 aliphatic heterocycles. The number of benzene rings is 1. The lowest BCUT2D eigenvalue weighted by atomic mass is 9.97. The van der Waals surface area contributed by atoms with Crippen LogP contribution in [0.2, 0.25) is 0 Å². The highest BCUT2D eigenvalue weighted by atomic mass is 16.6. The number of imidazole rings is 1. The van der Waals surface area contributed by atoms with Gasteiger partial charge in [0, 0.05) is 42.2 Å². The fourth-order valence-corrected chi connectivity index (χ4v) is 4.97. The zero-order valence-corrected chi connectivity index (χ0v) is 21.0. The van der Waals surface area contributed by atoms with E-state index in [1.54, 1.807) is 11.1 Å². The summed E-state index contributed by atoms with van der Waals surface area (Å²) < 4.78 is 7.91. The minimum absolute atomic E-state index is 0.0878. The normalized spacial score (nSPS) is 17.0. The molecule has 184 valence electrons. The highest BCUT2D eigenvalue weighted by Gasteiger charge is 2.32. The Morgan fingerprint density at radius 3 is 2.71 bits per heavy atom. The van der Waals surface area contributed by atoms with Crippen LogP contribution < -0.4 is 5.73 Å². The number of nitrogens with two attached hydrogens (primary N) is 1. The van der Waals surface area contributed by atoms with Gasteiger partial charge in [-0.25, -0.2) is 14.8 Å². The van der Waals surface area contributed by atoms with Gasteiger partial charge in [0.25, 0.3) is 0 Å². The summed E-state index contributed by atoms with van der Waals surface area (Å²) in [5, 5.41) is 8.06. The fourth-order valence-electron chi connectivity index (χ4n) is 4.97. The van der Waals surface area contributed by atoms with Crippen LogP contribution in [0.25, 0.3) is 33.2 Å². The van der Waals surface area contributed by atoms with Crippen LogP contribution in [0.5, 0.6) is 0 Å². The van der Waals surface area contributed by atoms with Gasteiger partial charge in [-0.15, -0.1) is 0 Å². The second kappa shape index (κ2) is 8.55. The van der Waals surface area contributed by atoms with Crippen LogP contribution in [0.15, 0.2) is 30.5 Å². The molecule has 0 bridgehead atoms. The number of anilines is 1. The largest absolute Gasteiger partial charge is 0.444 e. The van der Waals surface area contributed by atoms with E-state index in [2.05, 4.69) is 40.7 Å². The number of carbonyl (C=O) groups excluding carboxylic acids is 1. The van der Waals surface area contributed by atoms with Crippen molar-refractivity contribution in [3.63, 3.8) is 0 Å². The lowest BCUT2D eigenvalue weighted by Gasteiger charge is -2.34. The van der Waals surface area contributed by atoms with Crippen LogP contribution in [0.3, 0.4) is 0 Å². The quantitative estimate of drug-likeness (QED) is 0.418. The summed E-state index contributed by atoms with van der Waals surface area (Å²) >= 11 is 0. The van der Waals surface area contributed by atoms with Crippen molar-refractivity contribution in [1.82, 2.24) is 29.6 Å². The van der Waals surface area contributed by atoms with E-state index in [0.29, 0.717) is 24.4 Å². The van der Waals surface area contributed by atoms with Gasteiger partial charge in [0.2, 0.25) is 0 Å². The van der Waals surface area contributed by atoms with Crippen molar-refractivity contribution in [2.75, 3.05) is 18.8 Å². The van der Waals surface area contributed by atoms with Crippen LogP contribution in [0, 0.1) is 0 Å². The Bertz CT molecular complexity index is 1380. The molecule has 1 saturated heterocycles. The summed E-state index contributed by atoms with van der Waals surface area (Å²) in [6, 6.07) is 8.26. The second-order valence-electron chi connectivity index (χ2n) is 10.6. The Morgan fingerprint density at radius 2 is 2.03 bits per heavy atom. The number of nitrogens with zero attached hydrogens (tertiary/aromatic N) is 5. The van der Waals surface area contributed by atoms with Crippen molar-refractivity contribution >= 4 is 33.8 Å². The third-order valence-corrected chi connectivity index (χ3v) is 6.44. The predicted octanol–water partition coefficient (Wildman–Crippen LogP) is 5.25. The molecule has 9 heteroatoms. The van der Waals surface area contributed by atoms with Crippen LogP contribution in [0.4, 0.5) is 10.6 Å². The highest BCUT2D eigenvalue weighted by molar-refractivity contribution is 6.07. The Morgan fingerprint density at radius 1 is 1.23 bits per heavy atom. The third kappa shape index (κ3) is 4.31. The predicted molar refractivity (Wildman–Crippen MR) is 137 cm³/mol. The zero-order valence-electron chi connectivity index (χ0n) is 21.0. The van der Waals surface area contributed by atoms with E-state index < -0.39 is 5.60 Å². The first kappa shape index (κ1) is 23.1. The number of rotatable bonds is 3. The monoisotopic (exact) mass is 475 g/mol. The Balaban J connectivity index is 1.60. The van der Waals surface area contributed by atoms with Crippen molar-refractivity contribution in [2.24, 2.45) is 0 Å². The van der Waals surface area contributed by atoms with Crippen molar-refractivity contribution < 1.29 is 9.53 Å². The first-order chi connectivity index (χ1) is 16.6. The number of pyridine rings is 1. The van der Waals surface area contributed by atoms with E-state index >= 15 is 0 Å². The van der Waals surface area contributed by atoms with Crippen LogP contribution >= 0.6 is 0 Å².